The van der Waals surface area contributed by atoms with Crippen molar-refractivity contribution >= 4 is 17.5 Å². The van der Waals surface area contributed by atoms with Gasteiger partial charge in [-0.2, -0.15) is 0 Å². The first-order valence-corrected chi connectivity index (χ1v) is 7.64. The zero-order valence-electron chi connectivity index (χ0n) is 13.0. The molecular formula is C16H18ClN5O. The molecule has 0 spiro atoms. The van der Waals surface area contributed by atoms with Crippen molar-refractivity contribution in [3.8, 4) is 11.3 Å². The van der Waals surface area contributed by atoms with Crippen molar-refractivity contribution in [2.75, 3.05) is 7.05 Å². The predicted octanol–water partition coefficient (Wildman–Crippen LogP) is 1.71. The van der Waals surface area contributed by atoms with Gasteiger partial charge in [0.15, 0.2) is 0 Å². The van der Waals surface area contributed by atoms with Crippen LogP contribution >= 0.6 is 11.6 Å². The van der Waals surface area contributed by atoms with Gasteiger partial charge in [0.2, 0.25) is 5.91 Å². The molecule has 7 heteroatoms. The molecular weight excluding hydrogens is 314 g/mol. The number of nitrogens with zero attached hydrogens (tertiary/aromatic N) is 3. The lowest BCUT2D eigenvalue weighted by Crippen LogP contribution is -2.64. The van der Waals surface area contributed by atoms with Gasteiger partial charge in [-0.05, 0) is 19.1 Å². The van der Waals surface area contributed by atoms with Crippen molar-refractivity contribution in [3.63, 3.8) is 0 Å². The molecule has 120 valence electrons. The molecule has 1 fully saturated rings. The van der Waals surface area contributed by atoms with Crippen LogP contribution in [-0.2, 0) is 10.3 Å². The molecule has 0 saturated carbocycles. The van der Waals surface area contributed by atoms with Crippen molar-refractivity contribution in [3.05, 3.63) is 47.4 Å². The van der Waals surface area contributed by atoms with E-state index >= 15 is 0 Å². The molecule has 0 radical (unpaired) electrons. The summed E-state index contributed by atoms with van der Waals surface area (Å²) in [5.74, 6) is -0.0336. The number of benzene rings is 1. The van der Waals surface area contributed by atoms with Crippen molar-refractivity contribution in [1.82, 2.24) is 20.2 Å². The van der Waals surface area contributed by atoms with Crippen LogP contribution in [0.4, 0.5) is 0 Å². The van der Waals surface area contributed by atoms with Crippen molar-refractivity contribution in [1.29, 1.82) is 0 Å². The third-order valence-corrected chi connectivity index (χ3v) is 4.34. The van der Waals surface area contributed by atoms with E-state index in [0.29, 0.717) is 16.4 Å². The molecule has 3 N–H and O–H groups in total. The number of carbonyl (C=O) groups excluding carboxylic acids is 1. The van der Waals surface area contributed by atoms with Gasteiger partial charge in [0.05, 0.1) is 35.7 Å². The summed E-state index contributed by atoms with van der Waals surface area (Å²) in [6.45, 7) is 1.91. The normalized spacial score (nSPS) is 24.8. The van der Waals surface area contributed by atoms with Crippen LogP contribution in [0, 0.1) is 0 Å². The molecule has 3 rings (SSSR count). The van der Waals surface area contributed by atoms with Crippen LogP contribution in [0.2, 0.25) is 5.02 Å². The molecule has 0 unspecified atom stereocenters. The number of nitrogens with one attached hydrogen (secondary N) is 1. The maximum Gasteiger partial charge on any atom is 0.226 e. The molecule has 1 aromatic carbocycles. The van der Waals surface area contributed by atoms with Crippen molar-refractivity contribution < 1.29 is 4.79 Å². The molecule has 1 aromatic heterocycles. The molecule has 1 aliphatic rings. The van der Waals surface area contributed by atoms with Crippen LogP contribution < -0.4 is 11.1 Å². The monoisotopic (exact) mass is 331 g/mol. The first-order chi connectivity index (χ1) is 10.9. The summed E-state index contributed by atoms with van der Waals surface area (Å²) in [5, 5.41) is 3.87. The lowest BCUT2D eigenvalue weighted by Gasteiger charge is -2.42. The zero-order chi connectivity index (χ0) is 16.6. The molecule has 1 aliphatic heterocycles. The summed E-state index contributed by atoms with van der Waals surface area (Å²) in [7, 11) is 1.67. The maximum absolute atomic E-state index is 12.1. The summed E-state index contributed by atoms with van der Waals surface area (Å²) in [4.78, 5) is 22.5. The Kier molecular flexibility index (Phi) is 4.06. The van der Waals surface area contributed by atoms with Gasteiger partial charge in [-0.25, -0.2) is 4.98 Å². The summed E-state index contributed by atoms with van der Waals surface area (Å²) < 4.78 is 0. The second-order valence-electron chi connectivity index (χ2n) is 5.90. The fourth-order valence-corrected chi connectivity index (χ4v) is 2.83. The Hall–Kier alpha value is -2.02. The second kappa shape index (κ2) is 5.88. The molecule has 2 atom stereocenters. The van der Waals surface area contributed by atoms with Crippen molar-refractivity contribution in [2.24, 2.45) is 5.73 Å². The van der Waals surface area contributed by atoms with E-state index in [0.717, 1.165) is 5.56 Å². The van der Waals surface area contributed by atoms with E-state index in [1.807, 2.05) is 25.1 Å². The molecule has 0 bridgehead atoms. The van der Waals surface area contributed by atoms with E-state index in [4.69, 9.17) is 17.3 Å². The van der Waals surface area contributed by atoms with E-state index < -0.39 is 11.8 Å². The van der Waals surface area contributed by atoms with Crippen LogP contribution in [0.3, 0.4) is 0 Å². The van der Waals surface area contributed by atoms with Gasteiger partial charge in [-0.1, -0.05) is 23.7 Å². The average molecular weight is 332 g/mol. The number of carbonyl (C=O) groups is 1. The van der Waals surface area contributed by atoms with Crippen LogP contribution in [0.5, 0.6) is 0 Å². The summed E-state index contributed by atoms with van der Waals surface area (Å²) >= 11 is 6.04. The third-order valence-electron chi connectivity index (χ3n) is 4.10. The first kappa shape index (κ1) is 15.9. The van der Waals surface area contributed by atoms with Crippen LogP contribution in [0.25, 0.3) is 11.3 Å². The minimum atomic E-state index is -0.662. The van der Waals surface area contributed by atoms with Gasteiger partial charge in [0.1, 0.15) is 6.29 Å². The van der Waals surface area contributed by atoms with Gasteiger partial charge in [0, 0.05) is 17.6 Å². The number of amides is 1. The van der Waals surface area contributed by atoms with Crippen LogP contribution in [0.1, 0.15) is 19.0 Å². The number of hydrogen-bond donors (Lipinski definition) is 2. The summed E-state index contributed by atoms with van der Waals surface area (Å²) in [6, 6.07) is 7.42. The molecule has 1 amide bonds. The Labute approximate surface area is 139 Å². The molecule has 1 saturated heterocycles. The van der Waals surface area contributed by atoms with E-state index in [-0.39, 0.29) is 12.3 Å². The molecule has 2 heterocycles. The van der Waals surface area contributed by atoms with Gasteiger partial charge < -0.3 is 4.90 Å². The fourth-order valence-electron chi connectivity index (χ4n) is 2.64. The van der Waals surface area contributed by atoms with Crippen LogP contribution in [0.15, 0.2) is 36.7 Å². The Morgan fingerprint density at radius 3 is 2.91 bits per heavy atom. The quantitative estimate of drug-likeness (QED) is 0.875. The average Bonchev–Trinajstić information content (AvgIpc) is 2.53. The minimum Gasteiger partial charge on any atom is -0.317 e. The van der Waals surface area contributed by atoms with Gasteiger partial charge >= 0.3 is 0 Å². The minimum absolute atomic E-state index is 0.0336. The SMILES string of the molecule is CN1C(=O)C[C@@](C)(c2cncc(-c3cccc(Cl)c3)n2)N[C@@H]1N. The first-order valence-electron chi connectivity index (χ1n) is 7.26. The predicted molar refractivity (Wildman–Crippen MR) is 88.3 cm³/mol. The third kappa shape index (κ3) is 3.06. The number of hydrogen-bond acceptors (Lipinski definition) is 5. The molecule has 2 aromatic rings. The van der Waals surface area contributed by atoms with E-state index in [9.17, 15) is 4.79 Å². The smallest absolute Gasteiger partial charge is 0.226 e. The van der Waals surface area contributed by atoms with Gasteiger partial charge in [0.25, 0.3) is 0 Å². The lowest BCUT2D eigenvalue weighted by atomic mass is 9.91. The standard InChI is InChI=1S/C16H18ClN5O/c1-16(7-14(23)22(2)15(18)21-16)13-9-19-8-12(20-13)10-4-3-5-11(17)6-10/h3-6,8-9,15,21H,7,18H2,1-2H3/t15-,16-/m0/s1. The highest BCUT2D eigenvalue weighted by Gasteiger charge is 2.40. The Morgan fingerprint density at radius 1 is 1.43 bits per heavy atom. The zero-order valence-corrected chi connectivity index (χ0v) is 13.7. The van der Waals surface area contributed by atoms with Crippen molar-refractivity contribution in [2.45, 2.75) is 25.2 Å². The number of aromatic nitrogens is 2. The summed E-state index contributed by atoms with van der Waals surface area (Å²) in [5.41, 5.74) is 7.57. The molecule has 23 heavy (non-hydrogen) atoms. The fraction of sp³-hybridized carbons (Fsp3) is 0.312. The Bertz CT molecular complexity index is 753. The highest BCUT2D eigenvalue weighted by Crippen LogP contribution is 2.29. The van der Waals surface area contributed by atoms with E-state index in [1.54, 1.807) is 25.5 Å². The lowest BCUT2D eigenvalue weighted by molar-refractivity contribution is -0.139. The highest BCUT2D eigenvalue weighted by atomic mass is 35.5. The highest BCUT2D eigenvalue weighted by molar-refractivity contribution is 6.30. The number of nitrogens with two attached hydrogens (primary N) is 1. The topological polar surface area (TPSA) is 84.1 Å². The van der Waals surface area contributed by atoms with Gasteiger partial charge in [-0.15, -0.1) is 0 Å². The largest absolute Gasteiger partial charge is 0.317 e. The van der Waals surface area contributed by atoms with Gasteiger partial charge in [-0.3, -0.25) is 20.8 Å². The summed E-state index contributed by atoms with van der Waals surface area (Å²) in [6.07, 6.45) is 3.05. The Balaban J connectivity index is 1.98. The second-order valence-corrected chi connectivity index (χ2v) is 6.34. The maximum atomic E-state index is 12.1. The Morgan fingerprint density at radius 2 is 2.22 bits per heavy atom. The molecule has 6 nitrogen and oxygen atoms in total. The van der Waals surface area contributed by atoms with E-state index in [1.165, 1.54) is 4.90 Å². The number of rotatable bonds is 2. The van der Waals surface area contributed by atoms with E-state index in [2.05, 4.69) is 15.3 Å². The number of halogens is 1. The van der Waals surface area contributed by atoms with Crippen LogP contribution in [-0.4, -0.2) is 34.1 Å². The molecule has 0 aliphatic carbocycles.